The van der Waals surface area contributed by atoms with Crippen molar-refractivity contribution in [3.8, 4) is 0 Å². The molecule has 1 unspecified atom stereocenters. The van der Waals surface area contributed by atoms with E-state index in [0.29, 0.717) is 0 Å². The van der Waals surface area contributed by atoms with Gasteiger partial charge in [0.15, 0.2) is 0 Å². The van der Waals surface area contributed by atoms with Crippen LogP contribution in [0.4, 0.5) is 0 Å². The molecule has 0 saturated heterocycles. The first-order valence-electron chi connectivity index (χ1n) is 6.24. The van der Waals surface area contributed by atoms with Crippen molar-refractivity contribution in [2.75, 3.05) is 0 Å². The van der Waals surface area contributed by atoms with Crippen LogP contribution in [0.2, 0.25) is 0 Å². The largest absolute Gasteiger partial charge is 0.321 e. The minimum Gasteiger partial charge on any atom is -0.321 e. The standard InChI is InChI=1S/C15H14ClN3/c1-11(16)15-18-13-7-8-17-9-14(13)19(15)10-12-5-3-2-4-6-12/h2-9,11H,10H2,1H3. The molecule has 0 saturated carbocycles. The fourth-order valence-corrected chi connectivity index (χ4v) is 2.39. The summed E-state index contributed by atoms with van der Waals surface area (Å²) in [6.45, 7) is 2.70. The average molecular weight is 272 g/mol. The number of rotatable bonds is 3. The van der Waals surface area contributed by atoms with Crippen LogP contribution in [0.5, 0.6) is 0 Å². The molecular weight excluding hydrogens is 258 g/mol. The molecule has 0 radical (unpaired) electrons. The van der Waals surface area contributed by atoms with Crippen molar-refractivity contribution in [1.82, 2.24) is 14.5 Å². The lowest BCUT2D eigenvalue weighted by molar-refractivity contribution is 0.742. The van der Waals surface area contributed by atoms with Crippen LogP contribution < -0.4 is 0 Å². The first-order valence-corrected chi connectivity index (χ1v) is 6.67. The Kier molecular flexibility index (Phi) is 3.22. The normalized spacial score (nSPS) is 12.7. The Bertz CT molecular complexity index is 689. The van der Waals surface area contributed by atoms with Gasteiger partial charge in [-0.3, -0.25) is 4.98 Å². The van der Waals surface area contributed by atoms with Crippen molar-refractivity contribution in [2.45, 2.75) is 18.8 Å². The second-order valence-electron chi connectivity index (χ2n) is 4.52. The van der Waals surface area contributed by atoms with Gasteiger partial charge in [0.2, 0.25) is 0 Å². The number of pyridine rings is 1. The lowest BCUT2D eigenvalue weighted by Crippen LogP contribution is -2.05. The van der Waals surface area contributed by atoms with Crippen molar-refractivity contribution < 1.29 is 0 Å². The number of nitrogens with zero attached hydrogens (tertiary/aromatic N) is 3. The fraction of sp³-hybridized carbons (Fsp3) is 0.200. The molecule has 3 aromatic rings. The SMILES string of the molecule is CC(Cl)c1nc2ccncc2n1Cc1ccccc1. The second-order valence-corrected chi connectivity index (χ2v) is 5.18. The number of benzene rings is 1. The maximum Gasteiger partial charge on any atom is 0.128 e. The summed E-state index contributed by atoms with van der Waals surface area (Å²) in [5.74, 6) is 0.883. The molecule has 4 heteroatoms. The number of alkyl halides is 1. The molecule has 0 aliphatic carbocycles. The van der Waals surface area contributed by atoms with Crippen LogP contribution in [0.15, 0.2) is 48.8 Å². The molecular formula is C15H14ClN3. The summed E-state index contributed by atoms with van der Waals surface area (Å²) >= 11 is 6.24. The van der Waals surface area contributed by atoms with E-state index >= 15 is 0 Å². The van der Waals surface area contributed by atoms with Gasteiger partial charge in [-0.05, 0) is 18.6 Å². The van der Waals surface area contributed by atoms with Crippen LogP contribution in [0.1, 0.15) is 23.7 Å². The predicted octanol–water partition coefficient (Wildman–Crippen LogP) is 3.78. The van der Waals surface area contributed by atoms with Crippen LogP contribution >= 0.6 is 11.6 Å². The Morgan fingerprint density at radius 1 is 1.21 bits per heavy atom. The molecule has 19 heavy (non-hydrogen) atoms. The van der Waals surface area contributed by atoms with Crippen molar-refractivity contribution in [3.05, 3.63) is 60.2 Å². The highest BCUT2D eigenvalue weighted by Crippen LogP contribution is 2.24. The Balaban J connectivity index is 2.12. The third-order valence-corrected chi connectivity index (χ3v) is 3.31. The Morgan fingerprint density at radius 3 is 2.74 bits per heavy atom. The molecule has 2 heterocycles. The number of hydrogen-bond acceptors (Lipinski definition) is 2. The van der Waals surface area contributed by atoms with Crippen molar-refractivity contribution >= 4 is 22.6 Å². The van der Waals surface area contributed by atoms with Crippen molar-refractivity contribution in [1.29, 1.82) is 0 Å². The van der Waals surface area contributed by atoms with Gasteiger partial charge >= 0.3 is 0 Å². The van der Waals surface area contributed by atoms with Crippen LogP contribution in [0, 0.1) is 0 Å². The number of aromatic nitrogens is 3. The molecule has 2 aromatic heterocycles. The summed E-state index contributed by atoms with van der Waals surface area (Å²) in [5.41, 5.74) is 3.19. The minimum absolute atomic E-state index is 0.129. The molecule has 0 aliphatic heterocycles. The monoisotopic (exact) mass is 271 g/mol. The molecule has 0 bridgehead atoms. The molecule has 1 aromatic carbocycles. The van der Waals surface area contributed by atoms with Gasteiger partial charge in [0.05, 0.1) is 22.6 Å². The number of halogens is 1. The first kappa shape index (κ1) is 12.2. The van der Waals surface area contributed by atoms with E-state index in [9.17, 15) is 0 Å². The zero-order chi connectivity index (χ0) is 13.2. The summed E-state index contributed by atoms with van der Waals surface area (Å²) in [7, 11) is 0. The number of hydrogen-bond donors (Lipinski definition) is 0. The lowest BCUT2D eigenvalue weighted by Gasteiger charge is -2.10. The Labute approximate surface area is 116 Å². The summed E-state index contributed by atoms with van der Waals surface area (Å²) in [6.07, 6.45) is 3.60. The maximum absolute atomic E-state index is 6.24. The third-order valence-electron chi connectivity index (χ3n) is 3.12. The van der Waals surface area contributed by atoms with E-state index in [-0.39, 0.29) is 5.38 Å². The van der Waals surface area contributed by atoms with Crippen LogP contribution in [-0.4, -0.2) is 14.5 Å². The summed E-state index contributed by atoms with van der Waals surface area (Å²) in [4.78, 5) is 8.78. The minimum atomic E-state index is -0.129. The molecule has 0 aliphatic rings. The van der Waals surface area contributed by atoms with Gasteiger partial charge in [0.1, 0.15) is 5.82 Å². The Morgan fingerprint density at radius 2 is 2.00 bits per heavy atom. The van der Waals surface area contributed by atoms with Crippen molar-refractivity contribution in [3.63, 3.8) is 0 Å². The molecule has 0 spiro atoms. The van der Waals surface area contributed by atoms with E-state index in [0.717, 1.165) is 23.4 Å². The maximum atomic E-state index is 6.24. The van der Waals surface area contributed by atoms with E-state index in [4.69, 9.17) is 11.6 Å². The topological polar surface area (TPSA) is 30.7 Å². The van der Waals surface area contributed by atoms with Gasteiger partial charge < -0.3 is 4.57 Å². The summed E-state index contributed by atoms with van der Waals surface area (Å²) in [6, 6.07) is 12.2. The summed E-state index contributed by atoms with van der Waals surface area (Å²) in [5, 5.41) is -0.129. The van der Waals surface area contributed by atoms with Gasteiger partial charge in [-0.15, -0.1) is 11.6 Å². The number of imidazole rings is 1. The molecule has 96 valence electrons. The zero-order valence-electron chi connectivity index (χ0n) is 10.6. The fourth-order valence-electron chi connectivity index (χ4n) is 2.22. The predicted molar refractivity (Wildman–Crippen MR) is 77.3 cm³/mol. The van der Waals surface area contributed by atoms with Gasteiger partial charge in [-0.25, -0.2) is 4.98 Å². The van der Waals surface area contributed by atoms with Gasteiger partial charge in [-0.1, -0.05) is 30.3 Å². The first-order chi connectivity index (χ1) is 9.25. The van der Waals surface area contributed by atoms with Crippen LogP contribution in [-0.2, 0) is 6.54 Å². The second kappa shape index (κ2) is 5.02. The zero-order valence-corrected chi connectivity index (χ0v) is 11.4. The third kappa shape index (κ3) is 2.34. The van der Waals surface area contributed by atoms with Crippen LogP contribution in [0.25, 0.3) is 11.0 Å². The highest BCUT2D eigenvalue weighted by atomic mass is 35.5. The molecule has 1 atom stereocenters. The van der Waals surface area contributed by atoms with Gasteiger partial charge in [0.25, 0.3) is 0 Å². The Hall–Kier alpha value is -1.87. The van der Waals surface area contributed by atoms with E-state index < -0.39 is 0 Å². The van der Waals surface area contributed by atoms with E-state index in [2.05, 4.69) is 26.7 Å². The highest BCUT2D eigenvalue weighted by Gasteiger charge is 2.14. The van der Waals surface area contributed by atoms with Gasteiger partial charge in [-0.2, -0.15) is 0 Å². The van der Waals surface area contributed by atoms with Gasteiger partial charge in [0, 0.05) is 12.7 Å². The quantitative estimate of drug-likeness (QED) is 0.679. The van der Waals surface area contributed by atoms with E-state index in [1.807, 2.05) is 37.4 Å². The van der Waals surface area contributed by atoms with Crippen LogP contribution in [0.3, 0.4) is 0 Å². The summed E-state index contributed by atoms with van der Waals surface area (Å²) < 4.78 is 2.13. The molecule has 3 nitrogen and oxygen atoms in total. The lowest BCUT2D eigenvalue weighted by atomic mass is 10.2. The molecule has 0 fully saturated rings. The molecule has 0 N–H and O–H groups in total. The van der Waals surface area contributed by atoms with E-state index in [1.54, 1.807) is 6.20 Å². The molecule has 0 amide bonds. The van der Waals surface area contributed by atoms with Crippen molar-refractivity contribution in [2.24, 2.45) is 0 Å². The van der Waals surface area contributed by atoms with E-state index in [1.165, 1.54) is 5.56 Å². The molecule has 3 rings (SSSR count). The highest BCUT2D eigenvalue weighted by molar-refractivity contribution is 6.20. The smallest absolute Gasteiger partial charge is 0.128 e. The number of fused-ring (bicyclic) bond motifs is 1. The average Bonchev–Trinajstić information content (AvgIpc) is 2.79.